The summed E-state index contributed by atoms with van der Waals surface area (Å²) in [5.74, 6) is 0. The van der Waals surface area contributed by atoms with E-state index < -0.39 is 0 Å². The van der Waals surface area contributed by atoms with Crippen molar-refractivity contribution in [2.24, 2.45) is 0 Å². The van der Waals surface area contributed by atoms with Crippen LogP contribution in [0.15, 0.2) is 175 Å². The van der Waals surface area contributed by atoms with Crippen LogP contribution in [0, 0.1) is 22.7 Å². The summed E-state index contributed by atoms with van der Waals surface area (Å²) in [6.07, 6.45) is 0. The highest BCUT2D eigenvalue weighted by molar-refractivity contribution is 5.90. The van der Waals surface area contributed by atoms with Crippen molar-refractivity contribution in [2.75, 3.05) is 9.80 Å². The molecule has 0 atom stereocenters. The fourth-order valence-electron chi connectivity index (χ4n) is 5.40. The summed E-state index contributed by atoms with van der Waals surface area (Å²) in [4.78, 5) is 4.34. The van der Waals surface area contributed by atoms with Gasteiger partial charge < -0.3 is 9.80 Å². The first-order chi connectivity index (χ1) is 21.8. The molecule has 44 heavy (non-hydrogen) atoms. The molecular weight excluding hydrogens is 536 g/mol. The Morgan fingerprint density at radius 3 is 0.955 bits per heavy atom. The number of benzene rings is 6. The molecule has 0 bridgehead atoms. The number of hydrogen-bond acceptors (Lipinski definition) is 4. The minimum absolute atomic E-state index is 0.0521. The van der Waals surface area contributed by atoms with E-state index in [2.05, 4.69) is 70.5 Å². The first kappa shape index (κ1) is 27.8. The Bertz CT molecular complexity index is 1750. The fourth-order valence-corrected chi connectivity index (χ4v) is 5.40. The van der Waals surface area contributed by atoms with Crippen molar-refractivity contribution in [1.29, 1.82) is 10.5 Å². The topological polar surface area (TPSA) is 54.1 Å². The molecule has 0 spiro atoms. The van der Waals surface area contributed by atoms with Crippen LogP contribution >= 0.6 is 0 Å². The second-order valence-corrected chi connectivity index (χ2v) is 10.1. The van der Waals surface area contributed by atoms with E-state index in [9.17, 15) is 10.5 Å². The number of nitrogens with zero attached hydrogens (tertiary/aromatic N) is 4. The minimum Gasteiger partial charge on any atom is -0.310 e. The number of nitriles is 2. The molecule has 0 saturated heterocycles. The van der Waals surface area contributed by atoms with E-state index in [1.165, 1.54) is 0 Å². The molecule has 208 valence electrons. The molecule has 0 amide bonds. The maximum absolute atomic E-state index is 10.1. The maximum Gasteiger partial charge on any atom is 0.138 e. The largest absolute Gasteiger partial charge is 0.310 e. The van der Waals surface area contributed by atoms with Gasteiger partial charge in [0.05, 0.1) is 0 Å². The lowest BCUT2D eigenvalue weighted by atomic mass is 9.92. The Balaban J connectivity index is 1.50. The fraction of sp³-hybridized carbons (Fsp3) is 0. The third kappa shape index (κ3) is 5.83. The molecule has 0 N–H and O–H groups in total. The van der Waals surface area contributed by atoms with Crippen molar-refractivity contribution < 1.29 is 0 Å². The molecular formula is C40H28N4. The van der Waals surface area contributed by atoms with Gasteiger partial charge in [-0.3, -0.25) is 0 Å². The highest BCUT2D eigenvalue weighted by Gasteiger charge is 2.19. The van der Waals surface area contributed by atoms with E-state index in [1.54, 1.807) is 0 Å². The van der Waals surface area contributed by atoms with Gasteiger partial charge in [-0.05, 0) is 83.9 Å². The predicted octanol–water partition coefficient (Wildman–Crippen LogP) is 10.5. The van der Waals surface area contributed by atoms with Crippen LogP contribution in [0.25, 0.3) is 5.57 Å². The van der Waals surface area contributed by atoms with E-state index in [0.29, 0.717) is 5.57 Å². The maximum atomic E-state index is 10.1. The van der Waals surface area contributed by atoms with Crippen molar-refractivity contribution in [3.63, 3.8) is 0 Å². The van der Waals surface area contributed by atoms with E-state index in [-0.39, 0.29) is 5.57 Å². The van der Waals surface area contributed by atoms with Gasteiger partial charge in [0.2, 0.25) is 0 Å². The molecule has 0 aliphatic rings. The van der Waals surface area contributed by atoms with E-state index in [4.69, 9.17) is 0 Å². The second kappa shape index (κ2) is 13.1. The second-order valence-electron chi connectivity index (χ2n) is 10.1. The standard InChI is InChI=1S/C40H28N4/c41-29-33(30-42)40(31-15-13-25-38(27-31)43(34-17-5-1-6-18-34)35-19-7-2-8-20-35)32-16-14-26-39(28-32)44(36-21-9-3-10-22-36)37-23-11-4-12-24-37/h1-28H. The van der Waals surface area contributed by atoms with Gasteiger partial charge in [-0.1, -0.05) is 97.1 Å². The first-order valence-electron chi connectivity index (χ1n) is 14.3. The van der Waals surface area contributed by atoms with Crippen LogP contribution in [0.2, 0.25) is 0 Å². The van der Waals surface area contributed by atoms with Crippen LogP contribution < -0.4 is 9.80 Å². The number of hydrogen-bond donors (Lipinski definition) is 0. The summed E-state index contributed by atoms with van der Waals surface area (Å²) in [5.41, 5.74) is 8.04. The first-order valence-corrected chi connectivity index (χ1v) is 14.3. The number of allylic oxidation sites excluding steroid dienone is 1. The van der Waals surface area contributed by atoms with E-state index in [0.717, 1.165) is 45.3 Å². The van der Waals surface area contributed by atoms with Gasteiger partial charge in [-0.25, -0.2) is 0 Å². The number of para-hydroxylation sites is 4. The molecule has 0 radical (unpaired) electrons. The summed E-state index contributed by atoms with van der Waals surface area (Å²) in [5, 5.41) is 20.3. The lowest BCUT2D eigenvalue weighted by Gasteiger charge is -2.27. The summed E-state index contributed by atoms with van der Waals surface area (Å²) in [7, 11) is 0. The quantitative estimate of drug-likeness (QED) is 0.173. The zero-order chi connectivity index (χ0) is 30.1. The Hall–Kier alpha value is -6.36. The van der Waals surface area contributed by atoms with Crippen molar-refractivity contribution in [2.45, 2.75) is 0 Å². The van der Waals surface area contributed by atoms with Gasteiger partial charge in [-0.15, -0.1) is 0 Å². The highest BCUT2D eigenvalue weighted by atomic mass is 15.1. The Morgan fingerprint density at radius 2 is 0.659 bits per heavy atom. The molecule has 4 nitrogen and oxygen atoms in total. The molecule has 6 rings (SSSR count). The van der Waals surface area contributed by atoms with Gasteiger partial charge in [0.15, 0.2) is 0 Å². The van der Waals surface area contributed by atoms with Crippen LogP contribution in [0.4, 0.5) is 34.1 Å². The molecule has 0 unspecified atom stereocenters. The Labute approximate surface area is 258 Å². The minimum atomic E-state index is 0.0521. The Kier molecular flexibility index (Phi) is 8.26. The van der Waals surface area contributed by atoms with Crippen molar-refractivity contribution in [1.82, 2.24) is 0 Å². The molecule has 6 aromatic carbocycles. The normalized spacial score (nSPS) is 10.2. The van der Waals surface area contributed by atoms with E-state index in [1.807, 2.05) is 121 Å². The van der Waals surface area contributed by atoms with Crippen LogP contribution in [0.5, 0.6) is 0 Å². The van der Waals surface area contributed by atoms with Crippen LogP contribution in [0.1, 0.15) is 11.1 Å². The molecule has 0 aromatic heterocycles. The smallest absolute Gasteiger partial charge is 0.138 e. The Morgan fingerprint density at radius 1 is 0.364 bits per heavy atom. The SMILES string of the molecule is N#CC(C#N)=C(c1cccc(N(c2ccccc2)c2ccccc2)c1)c1cccc(N(c2ccccc2)c2ccccc2)c1. The van der Waals surface area contributed by atoms with Gasteiger partial charge in [0.25, 0.3) is 0 Å². The number of rotatable bonds is 8. The van der Waals surface area contributed by atoms with Gasteiger partial charge in [0, 0.05) is 39.7 Å². The zero-order valence-electron chi connectivity index (χ0n) is 24.0. The molecule has 0 heterocycles. The summed E-state index contributed by atoms with van der Waals surface area (Å²) in [6.45, 7) is 0. The van der Waals surface area contributed by atoms with E-state index >= 15 is 0 Å². The predicted molar refractivity (Wildman–Crippen MR) is 179 cm³/mol. The summed E-state index contributed by atoms with van der Waals surface area (Å²) >= 11 is 0. The van der Waals surface area contributed by atoms with Crippen LogP contribution in [-0.4, -0.2) is 0 Å². The highest BCUT2D eigenvalue weighted by Crippen LogP contribution is 2.39. The van der Waals surface area contributed by atoms with Gasteiger partial charge in [-0.2, -0.15) is 10.5 Å². The monoisotopic (exact) mass is 564 g/mol. The lowest BCUT2D eigenvalue weighted by molar-refractivity contribution is 1.27. The third-order valence-electron chi connectivity index (χ3n) is 7.32. The van der Waals surface area contributed by atoms with Gasteiger partial charge >= 0.3 is 0 Å². The molecule has 0 fully saturated rings. The van der Waals surface area contributed by atoms with Crippen molar-refractivity contribution in [3.8, 4) is 12.1 Å². The third-order valence-corrected chi connectivity index (χ3v) is 7.32. The summed E-state index contributed by atoms with van der Waals surface area (Å²) < 4.78 is 0. The average molecular weight is 565 g/mol. The zero-order valence-corrected chi connectivity index (χ0v) is 24.0. The molecule has 0 aliphatic carbocycles. The average Bonchev–Trinajstić information content (AvgIpc) is 3.09. The molecule has 4 heteroatoms. The van der Waals surface area contributed by atoms with Crippen molar-refractivity contribution >= 4 is 39.7 Å². The lowest BCUT2D eigenvalue weighted by Crippen LogP contribution is -2.10. The van der Waals surface area contributed by atoms with Gasteiger partial charge in [0.1, 0.15) is 17.7 Å². The van der Waals surface area contributed by atoms with Crippen LogP contribution in [-0.2, 0) is 0 Å². The van der Waals surface area contributed by atoms with Crippen molar-refractivity contribution in [3.05, 3.63) is 187 Å². The van der Waals surface area contributed by atoms with Crippen LogP contribution in [0.3, 0.4) is 0 Å². The number of anilines is 6. The molecule has 0 saturated carbocycles. The molecule has 6 aromatic rings. The molecule has 0 aliphatic heterocycles. The summed E-state index contributed by atoms with van der Waals surface area (Å²) in [6, 6.07) is 61.0.